The van der Waals surface area contributed by atoms with Crippen LogP contribution in [0.5, 0.6) is 0 Å². The van der Waals surface area contributed by atoms with Gasteiger partial charge in [-0.1, -0.05) is 76.2 Å². The molecular formula is C15H11Cl5N2O. The summed E-state index contributed by atoms with van der Waals surface area (Å²) in [5.74, 6) is -0.441. The Morgan fingerprint density at radius 2 is 1.70 bits per heavy atom. The van der Waals surface area contributed by atoms with Crippen LogP contribution >= 0.6 is 58.0 Å². The number of hydrogen-bond donors (Lipinski definition) is 2. The number of benzene rings is 2. The van der Waals surface area contributed by atoms with Crippen LogP contribution in [0.25, 0.3) is 0 Å². The lowest BCUT2D eigenvalue weighted by atomic mass is 10.2. The molecule has 0 aliphatic carbocycles. The van der Waals surface area contributed by atoms with E-state index in [0.29, 0.717) is 21.3 Å². The van der Waals surface area contributed by atoms with Crippen molar-refractivity contribution in [3.8, 4) is 0 Å². The average Bonchev–Trinajstić information content (AvgIpc) is 2.47. The molecule has 1 unspecified atom stereocenters. The standard InChI is InChI=1S/C15H11Cl5N2O/c16-10-5-3-4-9(8-10)13(23)22-14(15(18,19)20)21-12-7-2-1-6-11(12)17/h1-8,14,21H,(H,22,23). The Bertz CT molecular complexity index is 702. The molecule has 0 radical (unpaired) electrons. The van der Waals surface area contributed by atoms with Gasteiger partial charge >= 0.3 is 0 Å². The third-order valence-electron chi connectivity index (χ3n) is 2.86. The van der Waals surface area contributed by atoms with E-state index in [4.69, 9.17) is 58.0 Å². The molecule has 23 heavy (non-hydrogen) atoms. The van der Waals surface area contributed by atoms with Crippen LogP contribution in [0.4, 0.5) is 5.69 Å². The molecule has 2 rings (SSSR count). The summed E-state index contributed by atoms with van der Waals surface area (Å²) < 4.78 is -1.80. The van der Waals surface area contributed by atoms with Gasteiger partial charge in [-0.2, -0.15) is 0 Å². The summed E-state index contributed by atoms with van der Waals surface area (Å²) in [4.78, 5) is 12.3. The molecule has 2 aromatic rings. The molecule has 2 N–H and O–H groups in total. The maximum Gasteiger partial charge on any atom is 0.253 e. The van der Waals surface area contributed by atoms with E-state index < -0.39 is 15.9 Å². The minimum atomic E-state index is -1.80. The second-order valence-corrected chi connectivity index (χ2v) is 7.80. The first kappa shape index (κ1) is 18.5. The molecule has 0 spiro atoms. The fourth-order valence-corrected chi connectivity index (χ4v) is 2.49. The van der Waals surface area contributed by atoms with E-state index in [1.807, 2.05) is 0 Å². The molecule has 0 saturated heterocycles. The van der Waals surface area contributed by atoms with Crippen LogP contribution < -0.4 is 10.6 Å². The fraction of sp³-hybridized carbons (Fsp3) is 0.133. The van der Waals surface area contributed by atoms with Gasteiger partial charge in [0.05, 0.1) is 10.7 Å². The number of carbonyl (C=O) groups is 1. The van der Waals surface area contributed by atoms with E-state index in [2.05, 4.69) is 10.6 Å². The van der Waals surface area contributed by atoms with E-state index in [-0.39, 0.29) is 0 Å². The van der Waals surface area contributed by atoms with Crippen LogP contribution in [0.1, 0.15) is 10.4 Å². The van der Waals surface area contributed by atoms with E-state index in [1.165, 1.54) is 6.07 Å². The number of halogens is 5. The molecule has 1 amide bonds. The average molecular weight is 413 g/mol. The highest BCUT2D eigenvalue weighted by molar-refractivity contribution is 6.68. The number of alkyl halides is 3. The molecule has 8 heteroatoms. The molecule has 0 aliphatic rings. The number of nitrogens with one attached hydrogen (secondary N) is 2. The number of anilines is 1. The van der Waals surface area contributed by atoms with Gasteiger partial charge in [-0.15, -0.1) is 0 Å². The SMILES string of the molecule is O=C(NC(Nc1ccccc1Cl)C(Cl)(Cl)Cl)c1cccc(Cl)c1. The van der Waals surface area contributed by atoms with Crippen molar-refractivity contribution in [3.63, 3.8) is 0 Å². The molecule has 0 aliphatic heterocycles. The molecule has 2 aromatic carbocycles. The maximum absolute atomic E-state index is 12.3. The molecule has 0 aromatic heterocycles. The van der Waals surface area contributed by atoms with E-state index >= 15 is 0 Å². The Morgan fingerprint density at radius 1 is 1.00 bits per heavy atom. The lowest BCUT2D eigenvalue weighted by Crippen LogP contribution is -2.49. The van der Waals surface area contributed by atoms with Crippen LogP contribution in [0.2, 0.25) is 10.0 Å². The summed E-state index contributed by atoms with van der Waals surface area (Å²) in [6.45, 7) is 0. The summed E-state index contributed by atoms with van der Waals surface area (Å²) in [5.41, 5.74) is 0.870. The van der Waals surface area contributed by atoms with Crippen LogP contribution in [-0.4, -0.2) is 15.9 Å². The predicted octanol–water partition coefficient (Wildman–Crippen LogP) is 5.53. The zero-order chi connectivity index (χ0) is 17.0. The molecule has 1 atom stereocenters. The highest BCUT2D eigenvalue weighted by Crippen LogP contribution is 2.33. The van der Waals surface area contributed by atoms with Crippen molar-refractivity contribution < 1.29 is 4.79 Å². The van der Waals surface area contributed by atoms with E-state index in [0.717, 1.165) is 0 Å². The summed E-state index contributed by atoms with van der Waals surface area (Å²) in [5, 5.41) is 6.39. The zero-order valence-corrected chi connectivity index (χ0v) is 15.3. The summed E-state index contributed by atoms with van der Waals surface area (Å²) >= 11 is 29.8. The quantitative estimate of drug-likeness (QED) is 0.512. The van der Waals surface area contributed by atoms with Gasteiger partial charge in [0.15, 0.2) is 0 Å². The molecule has 0 fully saturated rings. The number of para-hydroxylation sites is 1. The van der Waals surface area contributed by atoms with Gasteiger partial charge in [-0.25, -0.2) is 0 Å². The Kier molecular flexibility index (Phi) is 6.29. The smallest absolute Gasteiger partial charge is 0.253 e. The summed E-state index contributed by atoms with van der Waals surface area (Å²) in [6.07, 6.45) is -1.00. The monoisotopic (exact) mass is 410 g/mol. The van der Waals surface area contributed by atoms with Crippen molar-refractivity contribution in [2.45, 2.75) is 9.96 Å². The van der Waals surface area contributed by atoms with Gasteiger partial charge in [0, 0.05) is 10.6 Å². The highest BCUT2D eigenvalue weighted by atomic mass is 35.6. The zero-order valence-electron chi connectivity index (χ0n) is 11.5. The second-order valence-electron chi connectivity index (χ2n) is 4.58. The Morgan fingerprint density at radius 3 is 2.30 bits per heavy atom. The lowest BCUT2D eigenvalue weighted by molar-refractivity contribution is 0.0942. The first-order valence-electron chi connectivity index (χ1n) is 6.41. The van der Waals surface area contributed by atoms with Crippen LogP contribution in [0, 0.1) is 0 Å². The van der Waals surface area contributed by atoms with Gasteiger partial charge in [0.2, 0.25) is 3.79 Å². The normalized spacial score (nSPS) is 12.6. The molecule has 122 valence electrons. The number of hydrogen-bond acceptors (Lipinski definition) is 2. The van der Waals surface area contributed by atoms with Crippen LogP contribution in [0.15, 0.2) is 48.5 Å². The van der Waals surface area contributed by atoms with Gasteiger partial charge in [-0.3, -0.25) is 4.79 Å². The Balaban J connectivity index is 2.20. The molecule has 3 nitrogen and oxygen atoms in total. The number of amides is 1. The van der Waals surface area contributed by atoms with Crippen molar-refractivity contribution >= 4 is 69.6 Å². The van der Waals surface area contributed by atoms with Crippen LogP contribution in [-0.2, 0) is 0 Å². The Hall–Kier alpha value is -0.840. The van der Waals surface area contributed by atoms with Crippen molar-refractivity contribution in [2.75, 3.05) is 5.32 Å². The first-order valence-corrected chi connectivity index (χ1v) is 8.30. The van der Waals surface area contributed by atoms with Crippen molar-refractivity contribution in [1.82, 2.24) is 5.32 Å². The molecule has 0 heterocycles. The van der Waals surface area contributed by atoms with Gasteiger partial charge in [0.1, 0.15) is 6.17 Å². The summed E-state index contributed by atoms with van der Waals surface area (Å²) in [7, 11) is 0. The van der Waals surface area contributed by atoms with E-state index in [9.17, 15) is 4.79 Å². The summed E-state index contributed by atoms with van der Waals surface area (Å²) in [6, 6.07) is 13.4. The third kappa shape index (κ3) is 5.33. The van der Waals surface area contributed by atoms with Gasteiger partial charge in [0.25, 0.3) is 5.91 Å². The number of carbonyl (C=O) groups excluding carboxylic acids is 1. The maximum atomic E-state index is 12.3. The van der Waals surface area contributed by atoms with Crippen molar-refractivity contribution in [1.29, 1.82) is 0 Å². The Labute approximate surface area is 158 Å². The molecule has 0 bridgehead atoms. The second kappa shape index (κ2) is 7.82. The van der Waals surface area contributed by atoms with Gasteiger partial charge in [-0.05, 0) is 30.3 Å². The minimum Gasteiger partial charge on any atom is -0.361 e. The predicted molar refractivity (Wildman–Crippen MR) is 98.1 cm³/mol. The van der Waals surface area contributed by atoms with Crippen molar-refractivity contribution in [3.05, 3.63) is 64.1 Å². The molecule has 0 saturated carbocycles. The molecular weight excluding hydrogens is 401 g/mol. The fourth-order valence-electron chi connectivity index (χ4n) is 1.78. The number of rotatable bonds is 4. The van der Waals surface area contributed by atoms with Crippen LogP contribution in [0.3, 0.4) is 0 Å². The van der Waals surface area contributed by atoms with Crippen molar-refractivity contribution in [2.24, 2.45) is 0 Å². The van der Waals surface area contributed by atoms with E-state index in [1.54, 1.807) is 42.5 Å². The van der Waals surface area contributed by atoms with Gasteiger partial charge < -0.3 is 10.6 Å². The largest absolute Gasteiger partial charge is 0.361 e. The lowest BCUT2D eigenvalue weighted by Gasteiger charge is -2.27. The first-order chi connectivity index (χ1) is 10.8. The minimum absolute atomic E-state index is 0.345. The third-order valence-corrected chi connectivity index (χ3v) is 4.08. The highest BCUT2D eigenvalue weighted by Gasteiger charge is 2.34. The topological polar surface area (TPSA) is 41.1 Å².